The maximum Gasteiger partial charge on any atom is 0.0506 e. The quantitative estimate of drug-likeness (QED) is 0.721. The first-order valence-corrected chi connectivity index (χ1v) is 6.68. The molecule has 0 aromatic heterocycles. The maximum absolute atomic E-state index is 5.61. The fourth-order valence-electron chi connectivity index (χ4n) is 2.31. The summed E-state index contributed by atoms with van der Waals surface area (Å²) in [4.78, 5) is 2.45. The van der Waals surface area contributed by atoms with Gasteiger partial charge in [-0.3, -0.25) is 0 Å². The van der Waals surface area contributed by atoms with E-state index in [-0.39, 0.29) is 0 Å². The smallest absolute Gasteiger partial charge is 0.0506 e. The molecular formula is C13H28N2O. The Kier molecular flexibility index (Phi) is 7.01. The zero-order valence-corrected chi connectivity index (χ0v) is 11.0. The summed E-state index contributed by atoms with van der Waals surface area (Å²) in [6, 6.07) is 0. The first-order valence-electron chi connectivity index (χ1n) is 6.68. The predicted octanol–water partition coefficient (Wildman–Crippen LogP) is 1.72. The van der Waals surface area contributed by atoms with Crippen molar-refractivity contribution < 1.29 is 4.74 Å². The molecule has 1 aliphatic heterocycles. The molecular weight excluding hydrogens is 200 g/mol. The van der Waals surface area contributed by atoms with Crippen molar-refractivity contribution in [3.63, 3.8) is 0 Å². The fraction of sp³-hybridized carbons (Fsp3) is 1.00. The number of hydrogen-bond donors (Lipinski definition) is 1. The first kappa shape index (κ1) is 13.9. The molecule has 0 aromatic carbocycles. The standard InChI is InChI=1S/C13H28N2O/c1-12(9-14)5-3-7-15(2)10-13-6-4-8-16-11-13/h12-13H,3-11,14H2,1-2H3. The molecule has 0 bridgehead atoms. The zero-order valence-electron chi connectivity index (χ0n) is 11.0. The fourth-order valence-corrected chi connectivity index (χ4v) is 2.31. The van der Waals surface area contributed by atoms with Crippen molar-refractivity contribution in [3.05, 3.63) is 0 Å². The lowest BCUT2D eigenvalue weighted by Gasteiger charge is -2.27. The molecule has 0 aromatic rings. The summed E-state index contributed by atoms with van der Waals surface area (Å²) >= 11 is 0. The van der Waals surface area contributed by atoms with Crippen LogP contribution in [0.15, 0.2) is 0 Å². The van der Waals surface area contributed by atoms with E-state index in [9.17, 15) is 0 Å². The van der Waals surface area contributed by atoms with Gasteiger partial charge in [-0.2, -0.15) is 0 Å². The number of ether oxygens (including phenoxy) is 1. The minimum atomic E-state index is 0.673. The molecule has 0 aliphatic carbocycles. The van der Waals surface area contributed by atoms with Gasteiger partial charge in [0.05, 0.1) is 6.61 Å². The molecule has 0 radical (unpaired) electrons. The number of nitrogens with zero attached hydrogens (tertiary/aromatic N) is 1. The Morgan fingerprint density at radius 3 is 2.94 bits per heavy atom. The van der Waals surface area contributed by atoms with Crippen molar-refractivity contribution in [2.75, 3.05) is 39.9 Å². The van der Waals surface area contributed by atoms with Crippen LogP contribution < -0.4 is 5.73 Å². The molecule has 0 amide bonds. The van der Waals surface area contributed by atoms with Crippen LogP contribution in [0.4, 0.5) is 0 Å². The highest BCUT2D eigenvalue weighted by Gasteiger charge is 2.15. The average molecular weight is 228 g/mol. The Labute approximate surface area is 100 Å². The van der Waals surface area contributed by atoms with Gasteiger partial charge in [-0.05, 0) is 57.7 Å². The van der Waals surface area contributed by atoms with Crippen LogP contribution in [0.2, 0.25) is 0 Å². The Balaban J connectivity index is 2.03. The molecule has 2 unspecified atom stereocenters. The second kappa shape index (κ2) is 8.04. The molecule has 16 heavy (non-hydrogen) atoms. The molecule has 0 saturated carbocycles. The third kappa shape index (κ3) is 5.83. The monoisotopic (exact) mass is 228 g/mol. The van der Waals surface area contributed by atoms with Gasteiger partial charge in [-0.25, -0.2) is 0 Å². The summed E-state index contributed by atoms with van der Waals surface area (Å²) in [6.45, 7) is 7.37. The van der Waals surface area contributed by atoms with Crippen LogP contribution in [0.1, 0.15) is 32.6 Å². The minimum Gasteiger partial charge on any atom is -0.381 e. The first-order chi connectivity index (χ1) is 7.72. The SMILES string of the molecule is CC(CN)CCCN(C)CC1CCCOC1. The molecule has 1 heterocycles. The van der Waals surface area contributed by atoms with Gasteiger partial charge in [0.25, 0.3) is 0 Å². The van der Waals surface area contributed by atoms with Crippen LogP contribution in [0.25, 0.3) is 0 Å². The second-order valence-corrected chi connectivity index (χ2v) is 5.33. The molecule has 3 heteroatoms. The number of nitrogens with two attached hydrogens (primary N) is 1. The van der Waals surface area contributed by atoms with Gasteiger partial charge < -0.3 is 15.4 Å². The van der Waals surface area contributed by atoms with Crippen molar-refractivity contribution in [2.24, 2.45) is 17.6 Å². The molecule has 3 nitrogen and oxygen atoms in total. The third-order valence-electron chi connectivity index (χ3n) is 3.46. The Morgan fingerprint density at radius 2 is 2.31 bits per heavy atom. The van der Waals surface area contributed by atoms with Crippen molar-refractivity contribution in [1.29, 1.82) is 0 Å². The van der Waals surface area contributed by atoms with Crippen molar-refractivity contribution >= 4 is 0 Å². The van der Waals surface area contributed by atoms with E-state index in [1.807, 2.05) is 0 Å². The van der Waals surface area contributed by atoms with Crippen LogP contribution in [0.3, 0.4) is 0 Å². The van der Waals surface area contributed by atoms with Gasteiger partial charge in [-0.1, -0.05) is 6.92 Å². The van der Waals surface area contributed by atoms with Gasteiger partial charge in [0.15, 0.2) is 0 Å². The average Bonchev–Trinajstić information content (AvgIpc) is 2.30. The Morgan fingerprint density at radius 1 is 1.50 bits per heavy atom. The van der Waals surface area contributed by atoms with Crippen LogP contribution in [0, 0.1) is 11.8 Å². The van der Waals surface area contributed by atoms with E-state index in [4.69, 9.17) is 10.5 Å². The summed E-state index contributed by atoms with van der Waals surface area (Å²) in [5.74, 6) is 1.43. The highest BCUT2D eigenvalue weighted by Crippen LogP contribution is 2.14. The molecule has 1 rings (SSSR count). The van der Waals surface area contributed by atoms with E-state index < -0.39 is 0 Å². The summed E-state index contributed by atoms with van der Waals surface area (Å²) < 4.78 is 5.50. The number of rotatable bonds is 7. The lowest BCUT2D eigenvalue weighted by atomic mass is 10.0. The summed E-state index contributed by atoms with van der Waals surface area (Å²) in [6.07, 6.45) is 5.09. The van der Waals surface area contributed by atoms with Crippen LogP contribution in [-0.2, 0) is 4.74 Å². The topological polar surface area (TPSA) is 38.5 Å². The molecule has 2 atom stereocenters. The second-order valence-electron chi connectivity index (χ2n) is 5.33. The van der Waals surface area contributed by atoms with Gasteiger partial charge in [-0.15, -0.1) is 0 Å². The van der Waals surface area contributed by atoms with Crippen molar-refractivity contribution in [1.82, 2.24) is 4.90 Å². The molecule has 2 N–H and O–H groups in total. The molecule has 1 saturated heterocycles. The Bertz CT molecular complexity index is 169. The predicted molar refractivity (Wildman–Crippen MR) is 68.5 cm³/mol. The molecule has 1 aliphatic rings. The van der Waals surface area contributed by atoms with E-state index in [2.05, 4.69) is 18.9 Å². The van der Waals surface area contributed by atoms with E-state index in [1.54, 1.807) is 0 Å². The van der Waals surface area contributed by atoms with Gasteiger partial charge in [0.1, 0.15) is 0 Å². The molecule has 1 fully saturated rings. The lowest BCUT2D eigenvalue weighted by Crippen LogP contribution is -2.31. The maximum atomic E-state index is 5.61. The van der Waals surface area contributed by atoms with Crippen molar-refractivity contribution in [2.45, 2.75) is 32.6 Å². The van der Waals surface area contributed by atoms with Gasteiger partial charge in [0.2, 0.25) is 0 Å². The highest BCUT2D eigenvalue weighted by molar-refractivity contribution is 4.67. The Hall–Kier alpha value is -0.120. The molecule has 0 spiro atoms. The third-order valence-corrected chi connectivity index (χ3v) is 3.46. The lowest BCUT2D eigenvalue weighted by molar-refractivity contribution is 0.0418. The number of hydrogen-bond acceptors (Lipinski definition) is 3. The van der Waals surface area contributed by atoms with Crippen LogP contribution >= 0.6 is 0 Å². The summed E-state index contributed by atoms with van der Waals surface area (Å²) in [5.41, 5.74) is 5.61. The van der Waals surface area contributed by atoms with E-state index in [0.29, 0.717) is 5.92 Å². The minimum absolute atomic E-state index is 0.673. The summed E-state index contributed by atoms with van der Waals surface area (Å²) in [7, 11) is 2.22. The van der Waals surface area contributed by atoms with Crippen molar-refractivity contribution in [3.8, 4) is 0 Å². The largest absolute Gasteiger partial charge is 0.381 e. The van der Waals surface area contributed by atoms with E-state index in [0.717, 1.165) is 25.7 Å². The zero-order chi connectivity index (χ0) is 11.8. The van der Waals surface area contributed by atoms with Crippen LogP contribution in [0.5, 0.6) is 0 Å². The van der Waals surface area contributed by atoms with Gasteiger partial charge in [0, 0.05) is 13.2 Å². The highest BCUT2D eigenvalue weighted by atomic mass is 16.5. The normalized spacial score (nSPS) is 23.6. The van der Waals surface area contributed by atoms with E-state index in [1.165, 1.54) is 38.8 Å². The van der Waals surface area contributed by atoms with Crippen LogP contribution in [-0.4, -0.2) is 44.8 Å². The molecule has 96 valence electrons. The van der Waals surface area contributed by atoms with E-state index >= 15 is 0 Å². The summed E-state index contributed by atoms with van der Waals surface area (Å²) in [5, 5.41) is 0. The van der Waals surface area contributed by atoms with Gasteiger partial charge >= 0.3 is 0 Å².